The van der Waals surface area contributed by atoms with Crippen molar-refractivity contribution in [2.45, 2.75) is 33.0 Å². The largest absolute Gasteiger partial charge is 0.418 e. The number of halogens is 3. The third kappa shape index (κ3) is 4.01. The molecule has 1 aliphatic rings. The number of fused-ring (bicyclic) bond motifs is 1. The third-order valence-corrected chi connectivity index (χ3v) is 5.45. The highest BCUT2D eigenvalue weighted by Crippen LogP contribution is 2.36. The molecule has 4 rings (SSSR count). The number of anilines is 3. The maximum Gasteiger partial charge on any atom is 0.418 e. The molecule has 1 aliphatic heterocycles. The molecule has 0 saturated heterocycles. The van der Waals surface area contributed by atoms with Crippen LogP contribution in [0.5, 0.6) is 0 Å². The fraction of sp³-hybridized carbons (Fsp3) is 0.273. The Morgan fingerprint density at radius 3 is 2.65 bits per heavy atom. The summed E-state index contributed by atoms with van der Waals surface area (Å²) in [7, 11) is 0. The van der Waals surface area contributed by atoms with Gasteiger partial charge >= 0.3 is 6.18 Å². The van der Waals surface area contributed by atoms with Crippen LogP contribution in [0.15, 0.2) is 36.5 Å². The monoisotopic (exact) mass is 424 g/mol. The zero-order valence-corrected chi connectivity index (χ0v) is 17.0. The average molecular weight is 424 g/mol. The summed E-state index contributed by atoms with van der Waals surface area (Å²) in [5.74, 6) is 0.697. The van der Waals surface area contributed by atoms with Crippen LogP contribution in [0.3, 0.4) is 0 Å². The highest BCUT2D eigenvalue weighted by atomic mass is 19.4. The summed E-state index contributed by atoms with van der Waals surface area (Å²) >= 11 is 0. The smallest absolute Gasteiger partial charge is 0.354 e. The van der Waals surface area contributed by atoms with Gasteiger partial charge < -0.3 is 10.2 Å². The van der Waals surface area contributed by atoms with Gasteiger partial charge in [0.05, 0.1) is 23.1 Å². The van der Waals surface area contributed by atoms with E-state index in [0.717, 1.165) is 28.5 Å². The number of hydrogen-bond donors (Lipinski definition) is 1. The number of nitriles is 1. The minimum absolute atomic E-state index is 0.0196. The summed E-state index contributed by atoms with van der Waals surface area (Å²) < 4.78 is 39.9. The van der Waals surface area contributed by atoms with Crippen molar-refractivity contribution in [1.29, 1.82) is 5.26 Å². The Morgan fingerprint density at radius 2 is 1.90 bits per heavy atom. The molecule has 0 amide bonds. The predicted molar refractivity (Wildman–Crippen MR) is 110 cm³/mol. The lowest BCUT2D eigenvalue weighted by atomic mass is 10.0. The molecule has 9 heteroatoms. The molecule has 6 nitrogen and oxygen atoms in total. The van der Waals surface area contributed by atoms with Crippen molar-refractivity contribution >= 4 is 17.2 Å². The molecule has 1 aromatic carbocycles. The number of alkyl halides is 3. The number of nitrogens with zero attached hydrogens (tertiary/aromatic N) is 5. The summed E-state index contributed by atoms with van der Waals surface area (Å²) in [4.78, 5) is 6.50. The fourth-order valence-electron chi connectivity index (χ4n) is 3.67. The van der Waals surface area contributed by atoms with Gasteiger partial charge in [0.25, 0.3) is 0 Å². The van der Waals surface area contributed by atoms with Crippen molar-refractivity contribution in [2.24, 2.45) is 0 Å². The van der Waals surface area contributed by atoms with E-state index in [1.807, 2.05) is 30.9 Å². The molecule has 0 spiro atoms. The molecular weight excluding hydrogens is 405 g/mol. The van der Waals surface area contributed by atoms with Crippen LogP contribution in [-0.2, 0) is 19.1 Å². The Hall–Kier alpha value is -3.67. The molecule has 1 N–H and O–H groups in total. The van der Waals surface area contributed by atoms with Crippen molar-refractivity contribution < 1.29 is 13.2 Å². The summed E-state index contributed by atoms with van der Waals surface area (Å²) in [5, 5.41) is 20.2. The molecule has 158 valence electrons. The molecule has 0 aliphatic carbocycles. The fourth-order valence-corrected chi connectivity index (χ4v) is 3.67. The molecule has 3 aromatic rings. The van der Waals surface area contributed by atoms with Crippen LogP contribution in [0.4, 0.5) is 30.4 Å². The molecule has 0 unspecified atom stereocenters. The Morgan fingerprint density at radius 1 is 1.13 bits per heavy atom. The minimum Gasteiger partial charge on any atom is -0.354 e. The maximum absolute atomic E-state index is 13.3. The quantitative estimate of drug-likeness (QED) is 0.658. The first-order valence-corrected chi connectivity index (χ1v) is 9.68. The summed E-state index contributed by atoms with van der Waals surface area (Å²) in [6, 6.07) is 9.22. The van der Waals surface area contributed by atoms with Crippen molar-refractivity contribution in [3.63, 3.8) is 0 Å². The highest BCUT2D eigenvalue weighted by molar-refractivity contribution is 5.64. The molecule has 0 fully saturated rings. The number of rotatable bonds is 3. The van der Waals surface area contributed by atoms with Gasteiger partial charge in [-0.1, -0.05) is 12.1 Å². The van der Waals surface area contributed by atoms with E-state index >= 15 is 0 Å². The minimum atomic E-state index is -4.45. The van der Waals surface area contributed by atoms with Gasteiger partial charge in [0.1, 0.15) is 6.07 Å². The van der Waals surface area contributed by atoms with E-state index in [9.17, 15) is 13.2 Å². The maximum atomic E-state index is 13.3. The normalized spacial score (nSPS) is 13.5. The van der Waals surface area contributed by atoms with Crippen LogP contribution in [0.25, 0.3) is 0 Å². The van der Waals surface area contributed by atoms with Gasteiger partial charge in [-0.25, -0.2) is 0 Å². The van der Waals surface area contributed by atoms with Gasteiger partial charge in [-0.2, -0.15) is 18.4 Å². The van der Waals surface area contributed by atoms with Crippen LogP contribution in [-0.4, -0.2) is 21.7 Å². The van der Waals surface area contributed by atoms with Crippen molar-refractivity contribution in [3.05, 3.63) is 70.2 Å². The second-order valence-electron chi connectivity index (χ2n) is 7.40. The van der Waals surface area contributed by atoms with Gasteiger partial charge in [-0.3, -0.25) is 4.98 Å². The van der Waals surface area contributed by atoms with Crippen LogP contribution in [0.1, 0.15) is 33.6 Å². The van der Waals surface area contributed by atoms with E-state index in [4.69, 9.17) is 5.26 Å². The van der Waals surface area contributed by atoms with E-state index < -0.39 is 11.7 Å². The van der Waals surface area contributed by atoms with E-state index in [-0.39, 0.29) is 5.69 Å². The van der Waals surface area contributed by atoms with Gasteiger partial charge in [-0.15, -0.1) is 10.2 Å². The summed E-state index contributed by atoms with van der Waals surface area (Å²) in [6.45, 7) is 4.93. The molecule has 0 saturated carbocycles. The van der Waals surface area contributed by atoms with E-state index in [1.165, 1.54) is 12.1 Å². The zero-order valence-electron chi connectivity index (χ0n) is 17.0. The van der Waals surface area contributed by atoms with E-state index in [0.29, 0.717) is 36.7 Å². The van der Waals surface area contributed by atoms with Crippen LogP contribution in [0.2, 0.25) is 0 Å². The van der Waals surface area contributed by atoms with Crippen molar-refractivity contribution in [3.8, 4) is 6.07 Å². The van der Waals surface area contributed by atoms with E-state index in [1.54, 1.807) is 12.3 Å². The number of benzene rings is 1. The Labute approximate surface area is 177 Å². The lowest BCUT2D eigenvalue weighted by Crippen LogP contribution is -2.32. The van der Waals surface area contributed by atoms with Crippen LogP contribution >= 0.6 is 0 Å². The lowest BCUT2D eigenvalue weighted by molar-refractivity contribution is -0.136. The first-order valence-electron chi connectivity index (χ1n) is 9.68. The Kier molecular flexibility index (Phi) is 5.23. The van der Waals surface area contributed by atoms with Crippen LogP contribution < -0.4 is 10.2 Å². The van der Waals surface area contributed by atoms with Crippen molar-refractivity contribution in [2.75, 3.05) is 16.8 Å². The number of pyridine rings is 1. The molecule has 3 heterocycles. The zero-order chi connectivity index (χ0) is 22.2. The van der Waals surface area contributed by atoms with Crippen molar-refractivity contribution in [1.82, 2.24) is 15.2 Å². The molecule has 0 bridgehead atoms. The SMILES string of the molecule is Cc1c(C#N)nnc(N2CCc3ncc(Nc4ccccc4C(F)(F)F)cc3C2)c1C. The molecule has 0 radical (unpaired) electrons. The number of para-hydroxylation sites is 1. The Balaban J connectivity index is 1.62. The third-order valence-electron chi connectivity index (χ3n) is 5.45. The summed E-state index contributed by atoms with van der Waals surface area (Å²) in [6.07, 6.45) is -2.22. The first-order chi connectivity index (χ1) is 14.8. The van der Waals surface area contributed by atoms with Gasteiger partial charge in [0, 0.05) is 25.2 Å². The summed E-state index contributed by atoms with van der Waals surface area (Å²) in [5.41, 5.74) is 3.52. The number of nitrogens with one attached hydrogen (secondary N) is 1. The van der Waals surface area contributed by atoms with Gasteiger partial charge in [-0.05, 0) is 48.7 Å². The topological polar surface area (TPSA) is 77.7 Å². The molecular formula is C22H19F3N6. The first kappa shape index (κ1) is 20.6. The lowest BCUT2D eigenvalue weighted by Gasteiger charge is -2.30. The average Bonchev–Trinajstić information content (AvgIpc) is 2.75. The second kappa shape index (κ2) is 7.87. The Bertz CT molecular complexity index is 1180. The highest BCUT2D eigenvalue weighted by Gasteiger charge is 2.33. The predicted octanol–water partition coefficient (Wildman–Crippen LogP) is 4.69. The van der Waals surface area contributed by atoms with E-state index in [2.05, 4.69) is 20.5 Å². The number of hydrogen-bond acceptors (Lipinski definition) is 6. The molecule has 31 heavy (non-hydrogen) atoms. The van der Waals surface area contributed by atoms with Gasteiger partial charge in [0.15, 0.2) is 11.5 Å². The molecule has 2 aromatic heterocycles. The standard InChI is InChI=1S/C22H19F3N6/c1-13-14(2)21(30-29-20(13)10-26)31-8-7-18-15(12-31)9-16(11-27-18)28-19-6-4-3-5-17(19)22(23,24)25/h3-6,9,11,28H,7-8,12H2,1-2H3. The molecule has 0 atom stereocenters. The van der Waals surface area contributed by atoms with Gasteiger partial charge in [0.2, 0.25) is 0 Å². The second-order valence-corrected chi connectivity index (χ2v) is 7.40. The number of aromatic nitrogens is 3. The van der Waals surface area contributed by atoms with Crippen LogP contribution in [0, 0.1) is 25.2 Å².